The molecule has 42 heavy (non-hydrogen) atoms. The normalized spacial score (nSPS) is 14.7. The number of amides is 2. The third-order valence-electron chi connectivity index (χ3n) is 7.69. The van der Waals surface area contributed by atoms with E-state index in [1.165, 1.54) is 17.0 Å². The monoisotopic (exact) mass is 629 g/mol. The third-order valence-corrected chi connectivity index (χ3v) is 10.0. The van der Waals surface area contributed by atoms with Crippen molar-refractivity contribution in [2.24, 2.45) is 0 Å². The maximum absolute atomic E-state index is 14.3. The zero-order chi connectivity index (χ0) is 30.3. The van der Waals surface area contributed by atoms with Gasteiger partial charge in [-0.05, 0) is 67.6 Å². The average molecular weight is 631 g/mol. The molecule has 1 aliphatic carbocycles. The molecule has 0 saturated heterocycles. The van der Waals surface area contributed by atoms with E-state index in [-0.39, 0.29) is 23.4 Å². The number of benzene rings is 3. The summed E-state index contributed by atoms with van der Waals surface area (Å²) in [4.78, 5) is 29.4. The van der Waals surface area contributed by atoms with Crippen LogP contribution in [-0.2, 0) is 26.2 Å². The van der Waals surface area contributed by atoms with Gasteiger partial charge in [-0.3, -0.25) is 13.9 Å². The Morgan fingerprint density at radius 2 is 1.62 bits per heavy atom. The number of para-hydroxylation sites is 1. The third kappa shape index (κ3) is 7.65. The highest BCUT2D eigenvalue weighted by Crippen LogP contribution is 2.29. The molecule has 0 spiro atoms. The van der Waals surface area contributed by atoms with E-state index >= 15 is 0 Å². The van der Waals surface area contributed by atoms with Gasteiger partial charge < -0.3 is 10.2 Å². The second kappa shape index (κ2) is 14.4. The van der Waals surface area contributed by atoms with Crippen LogP contribution in [0.25, 0.3) is 0 Å². The lowest BCUT2D eigenvalue weighted by molar-refractivity contribution is -0.140. The van der Waals surface area contributed by atoms with Crippen molar-refractivity contribution in [2.75, 3.05) is 10.8 Å². The standard InChI is InChI=1S/C32H37Cl2N3O4S/c1-3-29(32(39)35-26-13-6-4-7-14-26)36(21-24-18-19-25(33)20-28(24)34)31(38)22-37(30-17-11-10-12-23(30)2)42(40,41)27-15-8-5-9-16-27/h5,8-12,15-20,26,29H,3-4,6-7,13-14,21-22H2,1-2H3,(H,35,39). The van der Waals surface area contributed by atoms with Gasteiger partial charge in [0.05, 0.1) is 10.6 Å². The largest absolute Gasteiger partial charge is 0.352 e. The molecule has 4 rings (SSSR count). The second-order valence-electron chi connectivity index (χ2n) is 10.6. The first-order valence-electron chi connectivity index (χ1n) is 14.3. The van der Waals surface area contributed by atoms with Crippen molar-refractivity contribution in [2.45, 2.75) is 75.9 Å². The molecule has 224 valence electrons. The molecule has 2 amide bonds. The van der Waals surface area contributed by atoms with Crippen molar-refractivity contribution in [3.63, 3.8) is 0 Å². The maximum atomic E-state index is 14.3. The Labute approximate surface area is 258 Å². The minimum absolute atomic E-state index is 0.0123. The molecule has 1 N–H and O–H groups in total. The molecule has 0 heterocycles. The van der Waals surface area contributed by atoms with E-state index < -0.39 is 28.5 Å². The molecule has 0 aromatic heterocycles. The number of halogens is 2. The lowest BCUT2D eigenvalue weighted by Gasteiger charge is -2.35. The Balaban J connectivity index is 1.72. The van der Waals surface area contributed by atoms with Crippen LogP contribution >= 0.6 is 23.2 Å². The molecular weight excluding hydrogens is 593 g/mol. The van der Waals surface area contributed by atoms with E-state index in [9.17, 15) is 18.0 Å². The number of nitrogens with one attached hydrogen (secondary N) is 1. The van der Waals surface area contributed by atoms with Crippen molar-refractivity contribution >= 4 is 50.7 Å². The summed E-state index contributed by atoms with van der Waals surface area (Å²) in [6.07, 6.45) is 5.38. The molecule has 1 saturated carbocycles. The molecule has 0 radical (unpaired) electrons. The molecule has 0 bridgehead atoms. The summed E-state index contributed by atoms with van der Waals surface area (Å²) < 4.78 is 29.1. The first kappa shape index (κ1) is 31.9. The van der Waals surface area contributed by atoms with Crippen molar-refractivity contribution in [1.29, 1.82) is 0 Å². The Morgan fingerprint density at radius 1 is 0.952 bits per heavy atom. The van der Waals surface area contributed by atoms with E-state index in [2.05, 4.69) is 5.32 Å². The molecule has 3 aromatic rings. The minimum atomic E-state index is -4.13. The van der Waals surface area contributed by atoms with Gasteiger partial charge >= 0.3 is 0 Å². The topological polar surface area (TPSA) is 86.8 Å². The van der Waals surface area contributed by atoms with Gasteiger partial charge in [0.1, 0.15) is 12.6 Å². The summed E-state index contributed by atoms with van der Waals surface area (Å²) in [5.74, 6) is -0.773. The van der Waals surface area contributed by atoms with Crippen molar-refractivity contribution in [3.8, 4) is 0 Å². The average Bonchev–Trinajstić information content (AvgIpc) is 2.98. The van der Waals surface area contributed by atoms with E-state index in [4.69, 9.17) is 23.2 Å². The lowest BCUT2D eigenvalue weighted by atomic mass is 9.95. The van der Waals surface area contributed by atoms with Gasteiger partial charge in [-0.15, -0.1) is 0 Å². The van der Waals surface area contributed by atoms with Gasteiger partial charge in [-0.2, -0.15) is 0 Å². The van der Waals surface area contributed by atoms with Crippen LogP contribution in [0.3, 0.4) is 0 Å². The molecular formula is C32H37Cl2N3O4S. The highest BCUT2D eigenvalue weighted by atomic mass is 35.5. The van der Waals surface area contributed by atoms with Crippen molar-refractivity contribution < 1.29 is 18.0 Å². The molecule has 1 atom stereocenters. The first-order valence-corrected chi connectivity index (χ1v) is 16.5. The SMILES string of the molecule is CCC(C(=O)NC1CCCCC1)N(Cc1ccc(Cl)cc1Cl)C(=O)CN(c1ccccc1C)S(=O)(=O)c1ccccc1. The number of sulfonamides is 1. The lowest BCUT2D eigenvalue weighted by Crippen LogP contribution is -2.54. The van der Waals surface area contributed by atoms with Crippen LogP contribution < -0.4 is 9.62 Å². The van der Waals surface area contributed by atoms with Crippen LogP contribution in [0.4, 0.5) is 5.69 Å². The number of anilines is 1. The number of hydrogen-bond donors (Lipinski definition) is 1. The predicted molar refractivity (Wildman–Crippen MR) is 168 cm³/mol. The number of carbonyl (C=O) groups is 2. The van der Waals surface area contributed by atoms with Crippen molar-refractivity contribution in [3.05, 3.63) is 94.0 Å². The quantitative estimate of drug-likeness (QED) is 0.254. The van der Waals surface area contributed by atoms with Crippen LogP contribution in [0, 0.1) is 6.92 Å². The summed E-state index contributed by atoms with van der Waals surface area (Å²) in [6, 6.07) is 19.2. The van der Waals surface area contributed by atoms with Gasteiger partial charge in [0, 0.05) is 22.6 Å². The number of rotatable bonds is 11. The smallest absolute Gasteiger partial charge is 0.264 e. The molecule has 1 unspecified atom stereocenters. The highest BCUT2D eigenvalue weighted by molar-refractivity contribution is 7.92. The minimum Gasteiger partial charge on any atom is -0.352 e. The maximum Gasteiger partial charge on any atom is 0.264 e. The molecule has 7 nitrogen and oxygen atoms in total. The molecule has 3 aromatic carbocycles. The fraction of sp³-hybridized carbons (Fsp3) is 0.375. The molecule has 0 aliphatic heterocycles. The van der Waals surface area contributed by atoms with Gasteiger partial charge in [0.2, 0.25) is 11.8 Å². The fourth-order valence-electron chi connectivity index (χ4n) is 5.37. The second-order valence-corrected chi connectivity index (χ2v) is 13.3. The number of aryl methyl sites for hydroxylation is 1. The summed E-state index contributed by atoms with van der Waals surface area (Å²) >= 11 is 12.6. The van der Waals surface area contributed by atoms with Crippen LogP contribution in [0.15, 0.2) is 77.7 Å². The summed E-state index contributed by atoms with van der Waals surface area (Å²) in [5, 5.41) is 3.95. The van der Waals surface area contributed by atoms with Crippen LogP contribution in [0.1, 0.15) is 56.6 Å². The van der Waals surface area contributed by atoms with Crippen LogP contribution in [0.2, 0.25) is 10.0 Å². The Morgan fingerprint density at radius 3 is 2.26 bits per heavy atom. The van der Waals surface area contributed by atoms with Gasteiger partial charge in [-0.25, -0.2) is 8.42 Å². The summed E-state index contributed by atoms with van der Waals surface area (Å²) in [6.45, 7) is 3.15. The summed E-state index contributed by atoms with van der Waals surface area (Å²) in [7, 11) is -4.13. The zero-order valence-corrected chi connectivity index (χ0v) is 26.3. The van der Waals surface area contributed by atoms with Crippen LogP contribution in [0.5, 0.6) is 0 Å². The molecule has 1 aliphatic rings. The Kier molecular flexibility index (Phi) is 10.9. The fourth-order valence-corrected chi connectivity index (χ4v) is 7.34. The number of carbonyl (C=O) groups excluding carboxylic acids is 2. The first-order chi connectivity index (χ1) is 20.1. The van der Waals surface area contributed by atoms with E-state index in [0.717, 1.165) is 36.4 Å². The summed E-state index contributed by atoms with van der Waals surface area (Å²) in [5.41, 5.74) is 1.68. The van der Waals surface area contributed by atoms with E-state index in [1.807, 2.05) is 13.0 Å². The van der Waals surface area contributed by atoms with E-state index in [0.29, 0.717) is 33.3 Å². The van der Waals surface area contributed by atoms with Crippen molar-refractivity contribution in [1.82, 2.24) is 10.2 Å². The molecule has 1 fully saturated rings. The van der Waals surface area contributed by atoms with Gasteiger partial charge in [0.15, 0.2) is 0 Å². The highest BCUT2D eigenvalue weighted by Gasteiger charge is 2.35. The molecule has 10 heteroatoms. The Hall–Kier alpha value is -3.07. The zero-order valence-electron chi connectivity index (χ0n) is 23.9. The number of hydrogen-bond acceptors (Lipinski definition) is 4. The van der Waals surface area contributed by atoms with E-state index in [1.54, 1.807) is 61.5 Å². The number of nitrogens with zero attached hydrogens (tertiary/aromatic N) is 2. The van der Waals surface area contributed by atoms with Crippen LogP contribution in [-0.4, -0.2) is 43.8 Å². The predicted octanol–water partition coefficient (Wildman–Crippen LogP) is 6.75. The Bertz CT molecular complexity index is 1490. The van der Waals surface area contributed by atoms with Gasteiger partial charge in [0.25, 0.3) is 10.0 Å². The van der Waals surface area contributed by atoms with Gasteiger partial charge in [-0.1, -0.05) is 91.9 Å².